The molecule has 1 aliphatic carbocycles. The Labute approximate surface area is 110 Å². The fourth-order valence-corrected chi connectivity index (χ4v) is 2.53. The van der Waals surface area contributed by atoms with Gasteiger partial charge in [0, 0.05) is 0 Å². The highest BCUT2D eigenvalue weighted by atomic mass is 16.5. The Kier molecular flexibility index (Phi) is 3.42. The third-order valence-corrected chi connectivity index (χ3v) is 3.48. The number of carbonyl (C=O) groups excluding carboxylic acids is 3. The van der Waals surface area contributed by atoms with Crippen molar-refractivity contribution in [2.75, 3.05) is 6.54 Å². The summed E-state index contributed by atoms with van der Waals surface area (Å²) in [5, 5.41) is 11.2. The molecule has 2 fully saturated rings. The number of nitrogens with one attached hydrogen (secondary N) is 1. The van der Waals surface area contributed by atoms with Crippen molar-refractivity contribution in [1.82, 2.24) is 10.2 Å². The average Bonchev–Trinajstić information content (AvgIpc) is 2.91. The molecule has 0 aromatic heterocycles. The monoisotopic (exact) mass is 265 g/mol. The lowest BCUT2D eigenvalue weighted by Gasteiger charge is -2.19. The van der Waals surface area contributed by atoms with Gasteiger partial charge in [-0.1, -0.05) is 12.8 Å². The van der Waals surface area contributed by atoms with Gasteiger partial charge >= 0.3 is 12.0 Å². The summed E-state index contributed by atoms with van der Waals surface area (Å²) in [6, 6.07) is 1.18. The fraction of sp³-hybridized carbons (Fsp3) is 0.667. The zero-order valence-electron chi connectivity index (χ0n) is 10.6. The van der Waals surface area contributed by atoms with E-state index in [0.717, 1.165) is 17.7 Å². The molecule has 1 saturated carbocycles. The van der Waals surface area contributed by atoms with Crippen LogP contribution in [0.1, 0.15) is 32.6 Å². The van der Waals surface area contributed by atoms with Crippen molar-refractivity contribution < 1.29 is 19.1 Å². The number of rotatable bonds is 3. The molecule has 1 N–H and O–H groups in total. The number of carbonyl (C=O) groups is 3. The summed E-state index contributed by atoms with van der Waals surface area (Å²) in [4.78, 5) is 36.3. The molecule has 1 saturated heterocycles. The van der Waals surface area contributed by atoms with Crippen molar-refractivity contribution in [1.29, 1.82) is 5.26 Å². The summed E-state index contributed by atoms with van der Waals surface area (Å²) in [6.07, 6.45) is 2.09. The van der Waals surface area contributed by atoms with Gasteiger partial charge in [-0.2, -0.15) is 5.26 Å². The smallest absolute Gasteiger partial charge is 0.327 e. The van der Waals surface area contributed by atoms with Gasteiger partial charge in [0.25, 0.3) is 5.91 Å². The molecule has 1 aliphatic heterocycles. The highest BCUT2D eigenvalue weighted by Gasteiger charge is 2.52. The van der Waals surface area contributed by atoms with Gasteiger partial charge in [0.05, 0.1) is 0 Å². The van der Waals surface area contributed by atoms with Crippen LogP contribution in [0, 0.1) is 11.3 Å². The predicted octanol–water partition coefficient (Wildman–Crippen LogP) is 0.306. The van der Waals surface area contributed by atoms with Crippen molar-refractivity contribution in [3.05, 3.63) is 0 Å². The van der Waals surface area contributed by atoms with E-state index < -0.39 is 30.2 Å². The summed E-state index contributed by atoms with van der Waals surface area (Å²) in [6.45, 7) is 0.973. The summed E-state index contributed by atoms with van der Waals surface area (Å²) < 4.78 is 4.74. The predicted molar refractivity (Wildman–Crippen MR) is 62.6 cm³/mol. The van der Waals surface area contributed by atoms with Crippen LogP contribution in [-0.4, -0.2) is 41.0 Å². The highest BCUT2D eigenvalue weighted by Crippen LogP contribution is 2.34. The molecule has 19 heavy (non-hydrogen) atoms. The first-order valence-electron chi connectivity index (χ1n) is 6.22. The molecule has 1 heterocycles. The molecule has 3 amide bonds. The van der Waals surface area contributed by atoms with Crippen LogP contribution >= 0.6 is 0 Å². The first-order chi connectivity index (χ1) is 8.98. The molecular weight excluding hydrogens is 250 g/mol. The van der Waals surface area contributed by atoms with Crippen molar-refractivity contribution >= 4 is 17.9 Å². The van der Waals surface area contributed by atoms with Gasteiger partial charge in [0.2, 0.25) is 0 Å². The number of hydrogen-bond acceptors (Lipinski definition) is 5. The van der Waals surface area contributed by atoms with Crippen LogP contribution in [0.5, 0.6) is 0 Å². The summed E-state index contributed by atoms with van der Waals surface area (Å²) in [7, 11) is 0. The summed E-state index contributed by atoms with van der Waals surface area (Å²) in [5.74, 6) is -1.12. The topological polar surface area (TPSA) is 99.5 Å². The number of urea groups is 1. The van der Waals surface area contributed by atoms with Crippen LogP contribution in [0.15, 0.2) is 0 Å². The van der Waals surface area contributed by atoms with Crippen molar-refractivity contribution in [3.63, 3.8) is 0 Å². The van der Waals surface area contributed by atoms with E-state index in [9.17, 15) is 14.4 Å². The molecule has 0 bridgehead atoms. The van der Waals surface area contributed by atoms with Crippen molar-refractivity contribution in [2.24, 2.45) is 0 Å². The molecule has 7 nitrogen and oxygen atoms in total. The van der Waals surface area contributed by atoms with Gasteiger partial charge in [0.1, 0.15) is 18.2 Å². The quantitative estimate of drug-likeness (QED) is 0.584. The molecule has 0 aromatic rings. The van der Waals surface area contributed by atoms with E-state index in [2.05, 4.69) is 5.32 Å². The minimum absolute atomic E-state index is 0.364. The number of imide groups is 1. The standard InChI is InChI=1S/C12H15N3O4/c1-8(6-13)19-9(16)7-15-10(17)12(14-11(15)18)4-2-3-5-12/h8H,2-5,7H2,1H3,(H,14,18)/t8-/m1/s1. The molecule has 2 rings (SSSR count). The third-order valence-electron chi connectivity index (χ3n) is 3.48. The van der Waals surface area contributed by atoms with Crippen LogP contribution in [0.3, 0.4) is 0 Å². The van der Waals surface area contributed by atoms with Crippen molar-refractivity contribution in [2.45, 2.75) is 44.2 Å². The lowest BCUT2D eigenvalue weighted by molar-refractivity contribution is -0.149. The Hall–Kier alpha value is -2.10. The number of nitriles is 1. The first-order valence-corrected chi connectivity index (χ1v) is 6.22. The van der Waals surface area contributed by atoms with Crippen LogP contribution in [0.25, 0.3) is 0 Å². The van der Waals surface area contributed by atoms with E-state index in [1.54, 1.807) is 6.07 Å². The summed E-state index contributed by atoms with van der Waals surface area (Å²) in [5.41, 5.74) is -0.821. The van der Waals surface area contributed by atoms with E-state index in [1.165, 1.54) is 6.92 Å². The van der Waals surface area contributed by atoms with Crippen LogP contribution in [0.4, 0.5) is 4.79 Å². The SMILES string of the molecule is C[C@H](C#N)OC(=O)CN1C(=O)NC2(CCCC2)C1=O. The normalized spacial score (nSPS) is 22.2. The van der Waals surface area contributed by atoms with E-state index in [-0.39, 0.29) is 5.91 Å². The maximum Gasteiger partial charge on any atom is 0.327 e. The minimum atomic E-state index is -0.895. The lowest BCUT2D eigenvalue weighted by atomic mass is 9.98. The van der Waals surface area contributed by atoms with Crippen LogP contribution < -0.4 is 5.32 Å². The lowest BCUT2D eigenvalue weighted by Crippen LogP contribution is -2.44. The minimum Gasteiger partial charge on any atom is -0.446 e. The van der Waals surface area contributed by atoms with Crippen LogP contribution in [-0.2, 0) is 14.3 Å². The van der Waals surface area contributed by atoms with Crippen molar-refractivity contribution in [3.8, 4) is 6.07 Å². The number of amides is 3. The Bertz CT molecular complexity index is 462. The third kappa shape index (κ3) is 2.38. The Morgan fingerprint density at radius 2 is 2.16 bits per heavy atom. The largest absolute Gasteiger partial charge is 0.446 e. The zero-order valence-corrected chi connectivity index (χ0v) is 10.6. The molecule has 0 radical (unpaired) electrons. The Morgan fingerprint density at radius 1 is 1.53 bits per heavy atom. The summed E-state index contributed by atoms with van der Waals surface area (Å²) >= 11 is 0. The van der Waals surface area contributed by atoms with E-state index >= 15 is 0 Å². The van der Waals surface area contributed by atoms with E-state index in [1.807, 2.05) is 0 Å². The second-order valence-corrected chi connectivity index (χ2v) is 4.87. The number of nitrogens with zero attached hydrogens (tertiary/aromatic N) is 2. The van der Waals surface area contributed by atoms with Gasteiger partial charge in [0.15, 0.2) is 6.10 Å². The average molecular weight is 265 g/mol. The maximum atomic E-state index is 12.2. The number of ether oxygens (including phenoxy) is 1. The van der Waals surface area contributed by atoms with Gasteiger partial charge in [-0.15, -0.1) is 0 Å². The number of hydrogen-bond donors (Lipinski definition) is 1. The van der Waals surface area contributed by atoms with E-state index in [4.69, 9.17) is 10.00 Å². The Morgan fingerprint density at radius 3 is 2.74 bits per heavy atom. The van der Waals surface area contributed by atoms with Gasteiger partial charge in [-0.3, -0.25) is 14.5 Å². The maximum absolute atomic E-state index is 12.2. The molecule has 2 aliphatic rings. The molecule has 1 spiro atoms. The first kappa shape index (κ1) is 13.3. The van der Waals surface area contributed by atoms with Gasteiger partial charge in [-0.05, 0) is 19.8 Å². The second kappa shape index (κ2) is 4.88. The van der Waals surface area contributed by atoms with E-state index in [0.29, 0.717) is 12.8 Å². The Balaban J connectivity index is 2.01. The fourth-order valence-electron chi connectivity index (χ4n) is 2.53. The zero-order chi connectivity index (χ0) is 14.0. The molecular formula is C12H15N3O4. The molecule has 0 unspecified atom stereocenters. The van der Waals surface area contributed by atoms with Crippen LogP contribution in [0.2, 0.25) is 0 Å². The highest BCUT2D eigenvalue weighted by molar-refractivity contribution is 6.08. The van der Waals surface area contributed by atoms with Gasteiger partial charge in [-0.25, -0.2) is 4.79 Å². The second-order valence-electron chi connectivity index (χ2n) is 4.87. The van der Waals surface area contributed by atoms with Gasteiger partial charge < -0.3 is 10.1 Å². The molecule has 7 heteroatoms. The number of esters is 1. The molecule has 1 atom stereocenters. The molecule has 102 valence electrons. The molecule has 0 aromatic carbocycles.